The van der Waals surface area contributed by atoms with Crippen molar-refractivity contribution in [3.63, 3.8) is 0 Å². The predicted molar refractivity (Wildman–Crippen MR) is 73.5 cm³/mol. The first-order valence-electron chi connectivity index (χ1n) is 6.64. The third-order valence-corrected chi connectivity index (χ3v) is 4.33. The van der Waals surface area contributed by atoms with Crippen LogP contribution in [0.25, 0.3) is 0 Å². The van der Waals surface area contributed by atoms with Crippen molar-refractivity contribution >= 4 is 11.3 Å². The second-order valence-electron chi connectivity index (χ2n) is 4.90. The van der Waals surface area contributed by atoms with Gasteiger partial charge in [-0.3, -0.25) is 4.90 Å². The third-order valence-electron chi connectivity index (χ3n) is 3.37. The number of aromatic nitrogens is 1. The Hall–Kier alpha value is -0.450. The molecule has 1 fully saturated rings. The molecule has 3 nitrogen and oxygen atoms in total. The minimum atomic E-state index is 0.681. The Morgan fingerprint density at radius 2 is 2.47 bits per heavy atom. The van der Waals surface area contributed by atoms with E-state index in [4.69, 9.17) is 4.98 Å². The molecule has 1 unspecified atom stereocenters. The molecule has 1 atom stereocenters. The highest BCUT2D eigenvalue weighted by atomic mass is 32.1. The molecule has 1 N–H and O–H groups in total. The molecule has 96 valence electrons. The Morgan fingerprint density at radius 1 is 1.59 bits per heavy atom. The highest BCUT2D eigenvalue weighted by Crippen LogP contribution is 2.16. The zero-order valence-corrected chi connectivity index (χ0v) is 11.7. The molecule has 0 bridgehead atoms. The summed E-state index contributed by atoms with van der Waals surface area (Å²) in [5, 5.41) is 6.98. The van der Waals surface area contributed by atoms with Crippen LogP contribution in [0.4, 0.5) is 0 Å². The summed E-state index contributed by atoms with van der Waals surface area (Å²) in [5.74, 6) is 0. The van der Waals surface area contributed by atoms with E-state index in [0.29, 0.717) is 6.04 Å². The van der Waals surface area contributed by atoms with E-state index in [1.807, 2.05) is 11.3 Å². The van der Waals surface area contributed by atoms with E-state index in [2.05, 4.69) is 29.6 Å². The predicted octanol–water partition coefficient (Wildman–Crippen LogP) is 2.28. The minimum absolute atomic E-state index is 0.681. The molecule has 0 spiro atoms. The molecule has 0 amide bonds. The van der Waals surface area contributed by atoms with Crippen LogP contribution in [-0.2, 0) is 13.0 Å². The number of aryl methyl sites for hydroxylation is 1. The van der Waals surface area contributed by atoms with Gasteiger partial charge in [0, 0.05) is 24.5 Å². The van der Waals surface area contributed by atoms with E-state index in [9.17, 15) is 0 Å². The fraction of sp³-hybridized carbons (Fsp3) is 0.769. The standard InChI is InChI=1S/C13H23N3S/c1-3-5-13-15-11(10-17-13)9-16(2)12-6-4-7-14-8-12/h10,12,14H,3-9H2,1-2H3. The van der Waals surface area contributed by atoms with Gasteiger partial charge in [0.05, 0.1) is 10.7 Å². The van der Waals surface area contributed by atoms with E-state index in [1.165, 1.54) is 36.5 Å². The highest BCUT2D eigenvalue weighted by molar-refractivity contribution is 7.09. The quantitative estimate of drug-likeness (QED) is 0.872. The first-order valence-corrected chi connectivity index (χ1v) is 7.51. The van der Waals surface area contributed by atoms with Crippen molar-refractivity contribution in [1.29, 1.82) is 0 Å². The summed E-state index contributed by atoms with van der Waals surface area (Å²) in [6, 6.07) is 0.681. The van der Waals surface area contributed by atoms with Gasteiger partial charge in [-0.2, -0.15) is 0 Å². The maximum atomic E-state index is 4.69. The van der Waals surface area contributed by atoms with Gasteiger partial charge in [0.25, 0.3) is 0 Å². The zero-order valence-electron chi connectivity index (χ0n) is 10.9. The van der Waals surface area contributed by atoms with Crippen LogP contribution < -0.4 is 5.32 Å². The van der Waals surface area contributed by atoms with E-state index in [1.54, 1.807) is 0 Å². The largest absolute Gasteiger partial charge is 0.315 e. The molecule has 17 heavy (non-hydrogen) atoms. The Kier molecular flexibility index (Phi) is 4.95. The molecule has 0 aliphatic carbocycles. The maximum absolute atomic E-state index is 4.69. The monoisotopic (exact) mass is 253 g/mol. The lowest BCUT2D eigenvalue weighted by Gasteiger charge is -2.31. The van der Waals surface area contributed by atoms with Crippen LogP contribution >= 0.6 is 11.3 Å². The zero-order chi connectivity index (χ0) is 12.1. The van der Waals surface area contributed by atoms with Crippen LogP contribution in [0.2, 0.25) is 0 Å². The molecule has 2 rings (SSSR count). The summed E-state index contributed by atoms with van der Waals surface area (Å²) in [6.07, 6.45) is 4.93. The average Bonchev–Trinajstić information content (AvgIpc) is 2.78. The molecule has 0 radical (unpaired) electrons. The third kappa shape index (κ3) is 3.76. The van der Waals surface area contributed by atoms with Crippen molar-refractivity contribution in [1.82, 2.24) is 15.2 Å². The second kappa shape index (κ2) is 6.47. The van der Waals surface area contributed by atoms with Crippen molar-refractivity contribution < 1.29 is 0 Å². The number of nitrogens with zero attached hydrogens (tertiary/aromatic N) is 2. The SMILES string of the molecule is CCCc1nc(CN(C)C2CCCNC2)cs1. The van der Waals surface area contributed by atoms with Gasteiger partial charge < -0.3 is 5.32 Å². The molecule has 1 saturated heterocycles. The molecule has 1 aliphatic heterocycles. The lowest BCUT2D eigenvalue weighted by atomic mass is 10.1. The number of rotatable bonds is 5. The van der Waals surface area contributed by atoms with Gasteiger partial charge in [0.1, 0.15) is 0 Å². The summed E-state index contributed by atoms with van der Waals surface area (Å²) < 4.78 is 0. The number of thiazole rings is 1. The van der Waals surface area contributed by atoms with Crippen LogP contribution in [-0.4, -0.2) is 36.1 Å². The minimum Gasteiger partial charge on any atom is -0.315 e. The Morgan fingerprint density at radius 3 is 3.18 bits per heavy atom. The van der Waals surface area contributed by atoms with Crippen LogP contribution in [0.1, 0.15) is 36.9 Å². The average molecular weight is 253 g/mol. The molecular weight excluding hydrogens is 230 g/mol. The topological polar surface area (TPSA) is 28.2 Å². The van der Waals surface area contributed by atoms with Crippen molar-refractivity contribution in [3.05, 3.63) is 16.1 Å². The van der Waals surface area contributed by atoms with Gasteiger partial charge in [-0.05, 0) is 39.3 Å². The van der Waals surface area contributed by atoms with Gasteiger partial charge in [-0.25, -0.2) is 4.98 Å². The normalized spacial score (nSPS) is 21.0. The van der Waals surface area contributed by atoms with Gasteiger partial charge in [-0.1, -0.05) is 6.92 Å². The van der Waals surface area contributed by atoms with Gasteiger partial charge in [-0.15, -0.1) is 11.3 Å². The smallest absolute Gasteiger partial charge is 0.0928 e. The van der Waals surface area contributed by atoms with Crippen LogP contribution in [0.5, 0.6) is 0 Å². The lowest BCUT2D eigenvalue weighted by molar-refractivity contribution is 0.194. The number of hydrogen-bond acceptors (Lipinski definition) is 4. The van der Waals surface area contributed by atoms with E-state index >= 15 is 0 Å². The summed E-state index contributed by atoms with van der Waals surface area (Å²) in [6.45, 7) is 5.51. The van der Waals surface area contributed by atoms with Crippen molar-refractivity contribution in [3.8, 4) is 0 Å². The van der Waals surface area contributed by atoms with E-state index < -0.39 is 0 Å². The van der Waals surface area contributed by atoms with E-state index in [-0.39, 0.29) is 0 Å². The fourth-order valence-corrected chi connectivity index (χ4v) is 3.24. The van der Waals surface area contributed by atoms with Crippen molar-refractivity contribution in [2.45, 2.75) is 45.2 Å². The first kappa shape index (κ1) is 13.0. The number of hydrogen-bond donors (Lipinski definition) is 1. The fourth-order valence-electron chi connectivity index (χ4n) is 2.34. The highest BCUT2D eigenvalue weighted by Gasteiger charge is 2.18. The van der Waals surface area contributed by atoms with Crippen LogP contribution in [0.3, 0.4) is 0 Å². The molecule has 4 heteroatoms. The maximum Gasteiger partial charge on any atom is 0.0928 e. The second-order valence-corrected chi connectivity index (χ2v) is 5.84. The molecule has 0 saturated carbocycles. The number of piperidine rings is 1. The first-order chi connectivity index (χ1) is 8.29. The molecular formula is C13H23N3S. The molecule has 2 heterocycles. The van der Waals surface area contributed by atoms with Gasteiger partial charge in [0.2, 0.25) is 0 Å². The lowest BCUT2D eigenvalue weighted by Crippen LogP contribution is -2.43. The summed E-state index contributed by atoms with van der Waals surface area (Å²) in [5.41, 5.74) is 1.24. The Labute approximate surface area is 108 Å². The molecule has 1 aliphatic rings. The van der Waals surface area contributed by atoms with Crippen LogP contribution in [0.15, 0.2) is 5.38 Å². The Balaban J connectivity index is 1.85. The van der Waals surface area contributed by atoms with E-state index in [0.717, 1.165) is 19.5 Å². The van der Waals surface area contributed by atoms with Crippen LogP contribution in [0, 0.1) is 0 Å². The summed E-state index contributed by atoms with van der Waals surface area (Å²) >= 11 is 1.81. The Bertz CT molecular complexity index is 331. The number of likely N-dealkylation sites (N-methyl/N-ethyl adjacent to an activating group) is 1. The molecule has 1 aromatic rings. The summed E-state index contributed by atoms with van der Waals surface area (Å²) in [4.78, 5) is 7.13. The number of nitrogens with one attached hydrogen (secondary N) is 1. The van der Waals surface area contributed by atoms with Crippen molar-refractivity contribution in [2.24, 2.45) is 0 Å². The molecule has 0 aromatic carbocycles. The molecule has 1 aromatic heterocycles. The van der Waals surface area contributed by atoms with Gasteiger partial charge in [0.15, 0.2) is 0 Å². The summed E-state index contributed by atoms with van der Waals surface area (Å²) in [7, 11) is 2.22. The van der Waals surface area contributed by atoms with Gasteiger partial charge >= 0.3 is 0 Å². The van der Waals surface area contributed by atoms with Crippen molar-refractivity contribution in [2.75, 3.05) is 20.1 Å².